The molecular formula is C19H17Br2N3O6S. The number of carbonyl (C=O) groups excluding carboxylic acids is 1. The average molecular weight is 575 g/mol. The van der Waals surface area contributed by atoms with Gasteiger partial charge in [-0.3, -0.25) is 14.3 Å². The number of carbonyl (C=O) groups is 2. The number of nitrogens with zero attached hydrogens (tertiary/aromatic N) is 2. The minimum absolute atomic E-state index is 0.216. The van der Waals surface area contributed by atoms with Crippen molar-refractivity contribution in [3.8, 4) is 11.5 Å². The molecule has 0 aliphatic rings. The lowest BCUT2D eigenvalue weighted by molar-refractivity contribution is -0.135. The molecule has 0 radical (unpaired) electrons. The highest BCUT2D eigenvalue weighted by Crippen LogP contribution is 2.38. The molecule has 12 heteroatoms. The Morgan fingerprint density at radius 3 is 2.42 bits per heavy atom. The number of hydrogen-bond donors (Lipinski definition) is 2. The van der Waals surface area contributed by atoms with E-state index < -0.39 is 28.3 Å². The summed E-state index contributed by atoms with van der Waals surface area (Å²) in [4.78, 5) is 22.7. The van der Waals surface area contributed by atoms with Crippen LogP contribution in [0.15, 0.2) is 39.3 Å². The smallest absolute Gasteiger partial charge is 0.322 e. The summed E-state index contributed by atoms with van der Waals surface area (Å²) in [5.74, 6) is -0.997. The maximum atomic E-state index is 12.1. The van der Waals surface area contributed by atoms with Crippen LogP contribution in [-0.4, -0.2) is 48.0 Å². The summed E-state index contributed by atoms with van der Waals surface area (Å²) in [5, 5.41) is 16.1. The Labute approximate surface area is 194 Å². The van der Waals surface area contributed by atoms with Gasteiger partial charge in [0.05, 0.1) is 14.5 Å². The third-order valence-corrected chi connectivity index (χ3v) is 6.10. The van der Waals surface area contributed by atoms with E-state index in [4.69, 9.17) is 9.84 Å². The number of nitrogens with one attached hydrogen (secondary N) is 1. The van der Waals surface area contributed by atoms with Crippen LogP contribution in [0, 0.1) is 6.92 Å². The van der Waals surface area contributed by atoms with Crippen molar-refractivity contribution in [3.63, 3.8) is 0 Å². The number of ether oxygens (including phenoxy) is 1. The van der Waals surface area contributed by atoms with E-state index in [0.29, 0.717) is 31.7 Å². The Balaban J connectivity index is 1.89. The first-order valence-corrected chi connectivity index (χ1v) is 12.4. The number of aliphatic carboxylic acids is 1. The van der Waals surface area contributed by atoms with Gasteiger partial charge in [0.15, 0.2) is 15.6 Å². The SMILES string of the molecule is Cc1c2cc(Oc3c(Br)cc(C(=O)NCC(=O)O)cc3Br)ccc2nn1CS(C)(=O)=O. The van der Waals surface area contributed by atoms with E-state index in [1.807, 2.05) is 0 Å². The zero-order valence-electron chi connectivity index (χ0n) is 16.3. The fraction of sp³-hybridized carbons (Fsp3) is 0.211. The summed E-state index contributed by atoms with van der Waals surface area (Å²) in [7, 11) is -3.25. The number of amides is 1. The van der Waals surface area contributed by atoms with Crippen molar-refractivity contribution in [2.75, 3.05) is 12.8 Å². The third kappa shape index (κ3) is 5.63. The first-order valence-electron chi connectivity index (χ1n) is 8.76. The van der Waals surface area contributed by atoms with Crippen molar-refractivity contribution >= 4 is 64.5 Å². The van der Waals surface area contributed by atoms with E-state index in [-0.39, 0.29) is 11.4 Å². The first kappa shape index (κ1) is 23.2. The van der Waals surface area contributed by atoms with Crippen LogP contribution in [0.2, 0.25) is 0 Å². The van der Waals surface area contributed by atoms with Crippen LogP contribution in [0.4, 0.5) is 0 Å². The maximum Gasteiger partial charge on any atom is 0.322 e. The zero-order valence-corrected chi connectivity index (χ0v) is 20.3. The van der Waals surface area contributed by atoms with Crippen LogP contribution >= 0.6 is 31.9 Å². The fourth-order valence-corrected chi connectivity index (χ4v) is 4.86. The lowest BCUT2D eigenvalue weighted by Crippen LogP contribution is -2.29. The van der Waals surface area contributed by atoms with Crippen molar-refractivity contribution in [3.05, 3.63) is 50.5 Å². The average Bonchev–Trinajstić information content (AvgIpc) is 2.96. The van der Waals surface area contributed by atoms with Gasteiger partial charge in [0.2, 0.25) is 0 Å². The molecule has 0 bridgehead atoms. The van der Waals surface area contributed by atoms with Crippen LogP contribution in [0.1, 0.15) is 16.1 Å². The number of rotatable bonds is 7. The monoisotopic (exact) mass is 573 g/mol. The highest BCUT2D eigenvalue weighted by Gasteiger charge is 2.17. The second-order valence-electron chi connectivity index (χ2n) is 6.77. The molecule has 0 unspecified atom stereocenters. The summed E-state index contributed by atoms with van der Waals surface area (Å²) < 4.78 is 31.6. The molecule has 2 N–H and O–H groups in total. The molecule has 0 aliphatic heterocycles. The summed E-state index contributed by atoms with van der Waals surface area (Å²) in [6.07, 6.45) is 1.15. The lowest BCUT2D eigenvalue weighted by Gasteiger charge is -2.12. The third-order valence-electron chi connectivity index (χ3n) is 4.21. The van der Waals surface area contributed by atoms with Crippen LogP contribution < -0.4 is 10.1 Å². The largest absolute Gasteiger partial charge is 0.480 e. The molecule has 1 aromatic heterocycles. The van der Waals surface area contributed by atoms with E-state index in [9.17, 15) is 18.0 Å². The number of carboxylic acids is 1. The number of hydrogen-bond acceptors (Lipinski definition) is 6. The Morgan fingerprint density at radius 1 is 1.19 bits per heavy atom. The number of benzene rings is 2. The number of fused-ring (bicyclic) bond motifs is 1. The maximum absolute atomic E-state index is 12.1. The topological polar surface area (TPSA) is 128 Å². The summed E-state index contributed by atoms with van der Waals surface area (Å²) >= 11 is 6.74. The van der Waals surface area contributed by atoms with Gasteiger partial charge in [0.25, 0.3) is 5.91 Å². The molecule has 0 saturated heterocycles. The van der Waals surface area contributed by atoms with Gasteiger partial charge in [-0.25, -0.2) is 8.42 Å². The molecule has 0 spiro atoms. The molecular weight excluding hydrogens is 558 g/mol. The van der Waals surface area contributed by atoms with E-state index in [1.165, 1.54) is 16.8 Å². The van der Waals surface area contributed by atoms with Crippen molar-refractivity contribution in [2.45, 2.75) is 12.8 Å². The molecule has 1 amide bonds. The quantitative estimate of drug-likeness (QED) is 0.442. The van der Waals surface area contributed by atoms with Crippen molar-refractivity contribution in [2.24, 2.45) is 0 Å². The molecule has 0 saturated carbocycles. The first-order chi connectivity index (χ1) is 14.4. The second kappa shape index (κ2) is 8.97. The number of halogens is 2. The Hall–Kier alpha value is -2.44. The second-order valence-corrected chi connectivity index (χ2v) is 10.6. The Kier molecular flexibility index (Phi) is 6.72. The molecule has 1 heterocycles. The van der Waals surface area contributed by atoms with Gasteiger partial charge in [0, 0.05) is 22.9 Å². The van der Waals surface area contributed by atoms with Crippen molar-refractivity contribution < 1.29 is 27.9 Å². The molecule has 0 atom stereocenters. The number of aromatic nitrogens is 2. The minimum atomic E-state index is -3.25. The molecule has 164 valence electrons. The van der Waals surface area contributed by atoms with E-state index >= 15 is 0 Å². The molecule has 0 fully saturated rings. The highest BCUT2D eigenvalue weighted by molar-refractivity contribution is 9.11. The lowest BCUT2D eigenvalue weighted by atomic mass is 10.2. The summed E-state index contributed by atoms with van der Waals surface area (Å²) in [5.41, 5.74) is 1.58. The van der Waals surface area contributed by atoms with E-state index in [0.717, 1.165) is 11.6 Å². The van der Waals surface area contributed by atoms with Crippen LogP contribution in [0.25, 0.3) is 10.9 Å². The van der Waals surface area contributed by atoms with Crippen LogP contribution in [0.3, 0.4) is 0 Å². The minimum Gasteiger partial charge on any atom is -0.480 e. The summed E-state index contributed by atoms with van der Waals surface area (Å²) in [6.45, 7) is 1.29. The van der Waals surface area contributed by atoms with Crippen molar-refractivity contribution in [1.82, 2.24) is 15.1 Å². The zero-order chi connectivity index (χ0) is 22.9. The van der Waals surface area contributed by atoms with Gasteiger partial charge in [-0.1, -0.05) is 0 Å². The van der Waals surface area contributed by atoms with Gasteiger partial charge in [-0.2, -0.15) is 5.10 Å². The fourth-order valence-electron chi connectivity index (χ4n) is 2.81. The standard InChI is InChI=1S/C19H17Br2N3O6S/c1-10-13-7-12(3-4-16(13)23-24(10)9-31(2,28)29)30-18-14(20)5-11(6-15(18)21)19(27)22-8-17(25)26/h3-7H,8-9H2,1-2H3,(H,22,27)(H,25,26). The Morgan fingerprint density at radius 2 is 1.84 bits per heavy atom. The molecule has 9 nitrogen and oxygen atoms in total. The van der Waals surface area contributed by atoms with Gasteiger partial charge in [0.1, 0.15) is 18.2 Å². The number of carboxylic acid groups (broad SMARTS) is 1. The molecule has 0 aliphatic carbocycles. The predicted octanol–water partition coefficient (Wildman–Crippen LogP) is 3.48. The summed E-state index contributed by atoms with van der Waals surface area (Å²) in [6, 6.07) is 8.22. The highest BCUT2D eigenvalue weighted by atomic mass is 79.9. The van der Waals surface area contributed by atoms with E-state index in [2.05, 4.69) is 42.3 Å². The molecule has 2 aromatic carbocycles. The van der Waals surface area contributed by atoms with Crippen LogP contribution in [0.5, 0.6) is 11.5 Å². The van der Waals surface area contributed by atoms with Gasteiger partial charge in [-0.15, -0.1) is 0 Å². The van der Waals surface area contributed by atoms with Crippen molar-refractivity contribution in [1.29, 1.82) is 0 Å². The van der Waals surface area contributed by atoms with Crippen LogP contribution in [-0.2, 0) is 20.5 Å². The molecule has 31 heavy (non-hydrogen) atoms. The normalized spacial score (nSPS) is 11.5. The van der Waals surface area contributed by atoms with Gasteiger partial charge >= 0.3 is 5.97 Å². The molecule has 3 rings (SSSR count). The number of sulfone groups is 1. The van der Waals surface area contributed by atoms with Gasteiger partial charge < -0.3 is 15.2 Å². The van der Waals surface area contributed by atoms with E-state index in [1.54, 1.807) is 25.1 Å². The Bertz CT molecular complexity index is 1280. The van der Waals surface area contributed by atoms with Gasteiger partial charge in [-0.05, 0) is 69.1 Å². The number of aryl methyl sites for hydroxylation is 1. The molecule has 3 aromatic rings. The predicted molar refractivity (Wildman–Crippen MR) is 121 cm³/mol.